The van der Waals surface area contributed by atoms with Gasteiger partial charge in [0, 0.05) is 43.8 Å². The lowest BCUT2D eigenvalue weighted by Crippen LogP contribution is -2.58. The van der Waals surface area contributed by atoms with Crippen LogP contribution in [0.2, 0.25) is 5.02 Å². The van der Waals surface area contributed by atoms with Crippen molar-refractivity contribution in [2.45, 2.75) is 32.5 Å². The molecular formula is C23H27ClFN3O3. The molecule has 2 atom stereocenters. The van der Waals surface area contributed by atoms with Crippen LogP contribution >= 0.6 is 11.6 Å². The van der Waals surface area contributed by atoms with Gasteiger partial charge in [-0.1, -0.05) is 23.7 Å². The molecule has 31 heavy (non-hydrogen) atoms. The average Bonchev–Trinajstić information content (AvgIpc) is 2.75. The average molecular weight is 448 g/mol. The second-order valence-electron chi connectivity index (χ2n) is 7.81. The number of carbonyl (C=O) groups is 2. The molecule has 0 aromatic heterocycles. The highest BCUT2D eigenvalue weighted by molar-refractivity contribution is 6.31. The summed E-state index contributed by atoms with van der Waals surface area (Å²) in [5.74, 6) is -0.409. The summed E-state index contributed by atoms with van der Waals surface area (Å²) < 4.78 is 18.8. The van der Waals surface area contributed by atoms with Crippen LogP contribution < -0.4 is 10.1 Å². The Kier molecular flexibility index (Phi) is 7.51. The topological polar surface area (TPSA) is 61.9 Å². The van der Waals surface area contributed by atoms with Gasteiger partial charge in [-0.3, -0.25) is 14.5 Å². The molecule has 2 amide bonds. The van der Waals surface area contributed by atoms with Gasteiger partial charge in [0.05, 0.1) is 5.56 Å². The monoisotopic (exact) mass is 447 g/mol. The van der Waals surface area contributed by atoms with Crippen LogP contribution in [-0.2, 0) is 11.3 Å². The van der Waals surface area contributed by atoms with Gasteiger partial charge in [-0.25, -0.2) is 4.39 Å². The molecule has 0 unspecified atom stereocenters. The van der Waals surface area contributed by atoms with E-state index in [0.717, 1.165) is 5.56 Å². The molecule has 0 radical (unpaired) electrons. The first-order valence-corrected chi connectivity index (χ1v) is 10.6. The summed E-state index contributed by atoms with van der Waals surface area (Å²) in [4.78, 5) is 29.0. The van der Waals surface area contributed by atoms with Crippen LogP contribution in [0.3, 0.4) is 0 Å². The molecule has 1 aliphatic heterocycles. The summed E-state index contributed by atoms with van der Waals surface area (Å²) in [7, 11) is 1.52. The zero-order valence-corrected chi connectivity index (χ0v) is 18.7. The molecule has 1 aliphatic rings. The first kappa shape index (κ1) is 23.0. The van der Waals surface area contributed by atoms with Crippen LogP contribution in [0, 0.1) is 5.82 Å². The number of hydrogen-bond donors (Lipinski definition) is 1. The van der Waals surface area contributed by atoms with Gasteiger partial charge in [-0.05, 0) is 49.7 Å². The van der Waals surface area contributed by atoms with Gasteiger partial charge < -0.3 is 15.0 Å². The Morgan fingerprint density at radius 1 is 1.13 bits per heavy atom. The summed E-state index contributed by atoms with van der Waals surface area (Å²) >= 11 is 5.98. The molecule has 1 fully saturated rings. The molecule has 166 valence electrons. The van der Waals surface area contributed by atoms with Crippen molar-refractivity contribution in [1.82, 2.24) is 15.1 Å². The van der Waals surface area contributed by atoms with Crippen LogP contribution in [0.25, 0.3) is 0 Å². The summed E-state index contributed by atoms with van der Waals surface area (Å²) in [6.45, 7) is 5.87. The van der Waals surface area contributed by atoms with Crippen molar-refractivity contribution in [2.24, 2.45) is 0 Å². The summed E-state index contributed by atoms with van der Waals surface area (Å²) in [5, 5.41) is 2.96. The lowest BCUT2D eigenvalue weighted by Gasteiger charge is -2.44. The van der Waals surface area contributed by atoms with Crippen LogP contribution in [0.15, 0.2) is 42.5 Å². The Morgan fingerprint density at radius 3 is 2.52 bits per heavy atom. The van der Waals surface area contributed by atoms with E-state index in [1.54, 1.807) is 29.2 Å². The van der Waals surface area contributed by atoms with Crippen LogP contribution in [0.4, 0.5) is 4.39 Å². The van der Waals surface area contributed by atoms with E-state index in [0.29, 0.717) is 30.4 Å². The SMILES string of the molecule is CNC(=O)c1cc(Cl)ccc1OCC(=O)N1C[C@@H](C)N(Cc2ccc(F)cc2)C[C@@H]1C. The van der Waals surface area contributed by atoms with Crippen molar-refractivity contribution in [3.63, 3.8) is 0 Å². The fourth-order valence-electron chi connectivity index (χ4n) is 3.75. The zero-order chi connectivity index (χ0) is 22.5. The van der Waals surface area contributed by atoms with E-state index in [-0.39, 0.29) is 41.9 Å². The number of carbonyl (C=O) groups excluding carboxylic acids is 2. The van der Waals surface area contributed by atoms with Crippen LogP contribution in [-0.4, -0.2) is 60.4 Å². The van der Waals surface area contributed by atoms with Crippen molar-refractivity contribution in [1.29, 1.82) is 0 Å². The van der Waals surface area contributed by atoms with E-state index in [4.69, 9.17) is 16.3 Å². The highest BCUT2D eigenvalue weighted by Gasteiger charge is 2.32. The number of nitrogens with zero attached hydrogens (tertiary/aromatic N) is 2. The summed E-state index contributed by atoms with van der Waals surface area (Å²) in [6, 6.07) is 11.4. The van der Waals surface area contributed by atoms with Crippen LogP contribution in [0.1, 0.15) is 29.8 Å². The second-order valence-corrected chi connectivity index (χ2v) is 8.24. The van der Waals surface area contributed by atoms with Crippen molar-refractivity contribution in [3.8, 4) is 5.75 Å². The smallest absolute Gasteiger partial charge is 0.260 e. The Labute approximate surface area is 186 Å². The van der Waals surface area contributed by atoms with Crippen LogP contribution in [0.5, 0.6) is 5.75 Å². The maximum absolute atomic E-state index is 13.2. The normalized spacial score (nSPS) is 19.2. The predicted octanol–water partition coefficient (Wildman–Crippen LogP) is 3.34. The maximum atomic E-state index is 13.2. The molecule has 1 N–H and O–H groups in total. The minimum Gasteiger partial charge on any atom is -0.483 e. The van der Waals surface area contributed by atoms with Gasteiger partial charge in [0.2, 0.25) is 0 Å². The standard InChI is InChI=1S/C23H27ClFN3O3/c1-15-12-28(16(2)11-27(15)13-17-4-7-19(25)8-5-17)22(29)14-31-21-9-6-18(24)10-20(21)23(30)26-3/h4-10,15-16H,11-14H2,1-3H3,(H,26,30)/t15-,16+/m1/s1. The van der Waals surface area contributed by atoms with E-state index < -0.39 is 0 Å². The molecule has 2 aromatic carbocycles. The largest absolute Gasteiger partial charge is 0.483 e. The fraction of sp³-hybridized carbons (Fsp3) is 0.391. The Balaban J connectivity index is 1.61. The van der Waals surface area contributed by atoms with Gasteiger partial charge in [0.25, 0.3) is 11.8 Å². The van der Waals surface area contributed by atoms with Crippen molar-refractivity contribution in [2.75, 3.05) is 26.7 Å². The van der Waals surface area contributed by atoms with Gasteiger partial charge in [0.15, 0.2) is 6.61 Å². The van der Waals surface area contributed by atoms with E-state index in [9.17, 15) is 14.0 Å². The van der Waals surface area contributed by atoms with Crippen molar-refractivity contribution >= 4 is 23.4 Å². The quantitative estimate of drug-likeness (QED) is 0.737. The van der Waals surface area contributed by atoms with Gasteiger partial charge in [0.1, 0.15) is 11.6 Å². The third-order valence-electron chi connectivity index (χ3n) is 5.50. The molecule has 0 aliphatic carbocycles. The molecule has 0 bridgehead atoms. The number of halogens is 2. The molecule has 0 saturated carbocycles. The molecule has 6 nitrogen and oxygen atoms in total. The lowest BCUT2D eigenvalue weighted by molar-refractivity contribution is -0.139. The number of amides is 2. The van der Waals surface area contributed by atoms with E-state index in [1.807, 2.05) is 6.92 Å². The number of piperazine rings is 1. The third-order valence-corrected chi connectivity index (χ3v) is 5.73. The lowest BCUT2D eigenvalue weighted by atomic mass is 10.1. The molecule has 0 spiro atoms. The van der Waals surface area contributed by atoms with Crippen molar-refractivity contribution in [3.05, 3.63) is 64.4 Å². The Morgan fingerprint density at radius 2 is 1.84 bits per heavy atom. The highest BCUT2D eigenvalue weighted by Crippen LogP contribution is 2.24. The molecule has 8 heteroatoms. The first-order valence-electron chi connectivity index (χ1n) is 10.2. The van der Waals surface area contributed by atoms with Gasteiger partial charge >= 0.3 is 0 Å². The molecule has 1 heterocycles. The maximum Gasteiger partial charge on any atom is 0.260 e. The number of rotatable bonds is 6. The van der Waals surface area contributed by atoms with Crippen molar-refractivity contribution < 1.29 is 18.7 Å². The number of ether oxygens (including phenoxy) is 1. The predicted molar refractivity (Wildman–Crippen MR) is 118 cm³/mol. The fourth-order valence-corrected chi connectivity index (χ4v) is 3.92. The third kappa shape index (κ3) is 5.74. The highest BCUT2D eigenvalue weighted by atomic mass is 35.5. The molecule has 1 saturated heterocycles. The number of nitrogens with one attached hydrogen (secondary N) is 1. The Hall–Kier alpha value is -2.64. The summed E-state index contributed by atoms with van der Waals surface area (Å²) in [6.07, 6.45) is 0. The van der Waals surface area contributed by atoms with Gasteiger partial charge in [-0.2, -0.15) is 0 Å². The minimum atomic E-state index is -0.332. The van der Waals surface area contributed by atoms with E-state index in [2.05, 4.69) is 17.1 Å². The minimum absolute atomic E-state index is 0.00335. The summed E-state index contributed by atoms with van der Waals surface area (Å²) in [5.41, 5.74) is 1.32. The first-order chi connectivity index (χ1) is 14.8. The zero-order valence-electron chi connectivity index (χ0n) is 17.9. The van der Waals surface area contributed by atoms with Gasteiger partial charge in [-0.15, -0.1) is 0 Å². The van der Waals surface area contributed by atoms with E-state index in [1.165, 1.54) is 25.2 Å². The number of benzene rings is 2. The molecular weight excluding hydrogens is 421 g/mol. The number of hydrogen-bond acceptors (Lipinski definition) is 4. The second kappa shape index (κ2) is 10.1. The Bertz CT molecular complexity index is 938. The molecule has 3 rings (SSSR count). The van der Waals surface area contributed by atoms with E-state index >= 15 is 0 Å². The molecule has 2 aromatic rings.